The zero-order valence-corrected chi connectivity index (χ0v) is 8.20. The molecule has 0 spiro atoms. The third kappa shape index (κ3) is 3.67. The van der Waals surface area contributed by atoms with Crippen molar-refractivity contribution in [3.05, 3.63) is 48.2 Å². The second kappa shape index (κ2) is 4.97. The molecular formula is C11H15N3. The Labute approximate surface area is 83.7 Å². The van der Waals surface area contributed by atoms with Crippen LogP contribution in [-0.2, 0) is 0 Å². The van der Waals surface area contributed by atoms with Gasteiger partial charge in [-0.25, -0.2) is 0 Å². The van der Waals surface area contributed by atoms with Crippen LogP contribution in [0.15, 0.2) is 42.6 Å². The summed E-state index contributed by atoms with van der Waals surface area (Å²) < 4.78 is 0. The van der Waals surface area contributed by atoms with E-state index in [1.54, 1.807) is 12.3 Å². The van der Waals surface area contributed by atoms with Crippen molar-refractivity contribution in [2.45, 2.75) is 6.92 Å². The molecule has 3 nitrogen and oxygen atoms in total. The van der Waals surface area contributed by atoms with E-state index in [2.05, 4.69) is 4.98 Å². The molecule has 3 heteroatoms. The molecule has 0 bridgehead atoms. The van der Waals surface area contributed by atoms with Gasteiger partial charge in [0.2, 0.25) is 0 Å². The van der Waals surface area contributed by atoms with Crippen LogP contribution in [0.5, 0.6) is 0 Å². The van der Waals surface area contributed by atoms with Gasteiger partial charge in [-0.15, -0.1) is 0 Å². The standard InChI is InChI=1S/C7H9N.C4H6N2/c1-6-2-4-7(8)5-3-6;5-4-2-1-3-6-4/h2-5H,8H2,1H3;1-3,6H,5H2. The molecular weight excluding hydrogens is 174 g/mol. The summed E-state index contributed by atoms with van der Waals surface area (Å²) in [6.07, 6.45) is 1.79. The lowest BCUT2D eigenvalue weighted by atomic mass is 10.2. The minimum atomic E-state index is 0.718. The van der Waals surface area contributed by atoms with Gasteiger partial charge in [0.25, 0.3) is 0 Å². The Balaban J connectivity index is 0.000000146. The van der Waals surface area contributed by atoms with Crippen LogP contribution in [0, 0.1) is 6.92 Å². The lowest BCUT2D eigenvalue weighted by Crippen LogP contribution is -1.81. The van der Waals surface area contributed by atoms with Gasteiger partial charge in [0.05, 0.1) is 0 Å². The van der Waals surface area contributed by atoms with Crippen molar-refractivity contribution in [1.29, 1.82) is 0 Å². The largest absolute Gasteiger partial charge is 0.399 e. The summed E-state index contributed by atoms with van der Waals surface area (Å²) in [5.41, 5.74) is 12.7. The second-order valence-electron chi connectivity index (χ2n) is 3.04. The summed E-state index contributed by atoms with van der Waals surface area (Å²) in [6, 6.07) is 11.4. The van der Waals surface area contributed by atoms with E-state index in [0.29, 0.717) is 0 Å². The van der Waals surface area contributed by atoms with Gasteiger partial charge in [-0.05, 0) is 31.2 Å². The molecule has 1 heterocycles. The molecule has 0 saturated heterocycles. The Bertz CT molecular complexity index is 328. The van der Waals surface area contributed by atoms with Crippen LogP contribution >= 0.6 is 0 Å². The Morgan fingerprint density at radius 2 is 1.64 bits per heavy atom. The van der Waals surface area contributed by atoms with Crippen molar-refractivity contribution >= 4 is 11.5 Å². The van der Waals surface area contributed by atoms with Crippen molar-refractivity contribution in [1.82, 2.24) is 4.98 Å². The van der Waals surface area contributed by atoms with Crippen molar-refractivity contribution in [2.75, 3.05) is 11.5 Å². The van der Waals surface area contributed by atoms with Crippen LogP contribution in [0.3, 0.4) is 0 Å². The summed E-state index contributed by atoms with van der Waals surface area (Å²) in [7, 11) is 0. The summed E-state index contributed by atoms with van der Waals surface area (Å²) >= 11 is 0. The fourth-order valence-electron chi connectivity index (χ4n) is 0.911. The molecule has 0 amide bonds. The monoisotopic (exact) mass is 189 g/mol. The fourth-order valence-corrected chi connectivity index (χ4v) is 0.911. The van der Waals surface area contributed by atoms with Crippen LogP contribution in [-0.4, -0.2) is 4.98 Å². The zero-order chi connectivity index (χ0) is 10.4. The predicted molar refractivity (Wildman–Crippen MR) is 60.8 cm³/mol. The van der Waals surface area contributed by atoms with Gasteiger partial charge >= 0.3 is 0 Å². The summed E-state index contributed by atoms with van der Waals surface area (Å²) in [5.74, 6) is 0.718. The quantitative estimate of drug-likeness (QED) is 0.556. The zero-order valence-electron chi connectivity index (χ0n) is 8.20. The molecule has 2 rings (SSSR count). The molecule has 14 heavy (non-hydrogen) atoms. The molecule has 1 aromatic carbocycles. The number of aromatic amines is 1. The summed E-state index contributed by atoms with van der Waals surface area (Å²) in [6.45, 7) is 2.04. The Kier molecular flexibility index (Phi) is 3.61. The normalized spacial score (nSPS) is 8.93. The van der Waals surface area contributed by atoms with Crippen LogP contribution in [0.1, 0.15) is 5.56 Å². The topological polar surface area (TPSA) is 67.8 Å². The highest BCUT2D eigenvalue weighted by molar-refractivity contribution is 5.38. The van der Waals surface area contributed by atoms with E-state index < -0.39 is 0 Å². The van der Waals surface area contributed by atoms with Gasteiger partial charge in [-0.1, -0.05) is 17.7 Å². The number of nitrogen functional groups attached to an aromatic ring is 2. The number of nitrogens with two attached hydrogens (primary N) is 2. The van der Waals surface area contributed by atoms with E-state index in [0.717, 1.165) is 11.5 Å². The van der Waals surface area contributed by atoms with Crippen LogP contribution in [0.4, 0.5) is 11.5 Å². The molecule has 0 atom stereocenters. The predicted octanol–water partition coefficient (Wildman–Crippen LogP) is 2.17. The molecule has 0 aliphatic heterocycles. The van der Waals surface area contributed by atoms with Crippen LogP contribution in [0.25, 0.3) is 0 Å². The summed E-state index contributed by atoms with van der Waals surface area (Å²) in [5, 5.41) is 0. The highest BCUT2D eigenvalue weighted by atomic mass is 14.8. The first-order valence-electron chi connectivity index (χ1n) is 4.39. The third-order valence-electron chi connectivity index (χ3n) is 1.70. The molecule has 0 aliphatic carbocycles. The first kappa shape index (κ1) is 10.2. The number of H-pyrrole nitrogens is 1. The maximum atomic E-state index is 5.43. The number of aryl methyl sites for hydroxylation is 1. The third-order valence-corrected chi connectivity index (χ3v) is 1.70. The number of anilines is 2. The number of hydrogen-bond acceptors (Lipinski definition) is 2. The minimum absolute atomic E-state index is 0.718. The lowest BCUT2D eigenvalue weighted by Gasteiger charge is -1.90. The molecule has 0 fully saturated rings. The number of hydrogen-bond donors (Lipinski definition) is 3. The van der Waals surface area contributed by atoms with Crippen LogP contribution < -0.4 is 11.5 Å². The second-order valence-corrected chi connectivity index (χ2v) is 3.04. The fraction of sp³-hybridized carbons (Fsp3) is 0.0909. The molecule has 0 saturated carbocycles. The van der Waals surface area contributed by atoms with E-state index in [1.807, 2.05) is 37.3 Å². The highest BCUT2D eigenvalue weighted by Crippen LogP contribution is 2.02. The number of rotatable bonds is 0. The molecule has 1 aromatic heterocycles. The first-order valence-corrected chi connectivity index (χ1v) is 4.39. The Morgan fingerprint density at radius 1 is 1.00 bits per heavy atom. The van der Waals surface area contributed by atoms with E-state index in [4.69, 9.17) is 11.5 Å². The van der Waals surface area contributed by atoms with Gasteiger partial charge in [0.15, 0.2) is 0 Å². The molecule has 2 aromatic rings. The van der Waals surface area contributed by atoms with Gasteiger partial charge in [-0.3, -0.25) is 0 Å². The van der Waals surface area contributed by atoms with E-state index in [1.165, 1.54) is 5.56 Å². The minimum Gasteiger partial charge on any atom is -0.399 e. The highest BCUT2D eigenvalue weighted by Gasteiger charge is 1.80. The maximum absolute atomic E-state index is 5.43. The van der Waals surface area contributed by atoms with Gasteiger partial charge < -0.3 is 16.5 Å². The number of nitrogens with one attached hydrogen (secondary N) is 1. The number of benzene rings is 1. The molecule has 74 valence electrons. The van der Waals surface area contributed by atoms with E-state index in [-0.39, 0.29) is 0 Å². The van der Waals surface area contributed by atoms with Crippen molar-refractivity contribution in [3.8, 4) is 0 Å². The maximum Gasteiger partial charge on any atom is 0.100 e. The Morgan fingerprint density at radius 3 is 1.93 bits per heavy atom. The van der Waals surface area contributed by atoms with Crippen molar-refractivity contribution in [2.24, 2.45) is 0 Å². The van der Waals surface area contributed by atoms with Gasteiger partial charge in [-0.2, -0.15) is 0 Å². The van der Waals surface area contributed by atoms with Crippen molar-refractivity contribution in [3.63, 3.8) is 0 Å². The summed E-state index contributed by atoms with van der Waals surface area (Å²) in [4.78, 5) is 2.78. The lowest BCUT2D eigenvalue weighted by molar-refractivity contribution is 1.42. The molecule has 5 N–H and O–H groups in total. The van der Waals surface area contributed by atoms with Crippen LogP contribution in [0.2, 0.25) is 0 Å². The molecule has 0 unspecified atom stereocenters. The molecule has 0 radical (unpaired) electrons. The van der Waals surface area contributed by atoms with Gasteiger partial charge in [0, 0.05) is 11.9 Å². The Hall–Kier alpha value is -1.90. The first-order chi connectivity index (χ1) is 6.68. The van der Waals surface area contributed by atoms with Crippen molar-refractivity contribution < 1.29 is 0 Å². The van der Waals surface area contributed by atoms with E-state index in [9.17, 15) is 0 Å². The SMILES string of the molecule is Cc1ccc(N)cc1.Nc1ccc[nH]1. The average molecular weight is 189 g/mol. The number of aromatic nitrogens is 1. The van der Waals surface area contributed by atoms with Gasteiger partial charge in [0.1, 0.15) is 5.82 Å². The smallest absolute Gasteiger partial charge is 0.100 e. The molecule has 0 aliphatic rings. The van der Waals surface area contributed by atoms with E-state index >= 15 is 0 Å². The average Bonchev–Trinajstić information content (AvgIpc) is 2.63.